The highest BCUT2D eigenvalue weighted by atomic mass is 15.3. The van der Waals surface area contributed by atoms with Gasteiger partial charge in [0.1, 0.15) is 0 Å². The molecule has 0 aromatic rings. The van der Waals surface area contributed by atoms with Gasteiger partial charge in [-0.2, -0.15) is 0 Å². The monoisotopic (exact) mass is 278 g/mol. The van der Waals surface area contributed by atoms with E-state index in [1.165, 1.54) is 64.5 Å². The van der Waals surface area contributed by atoms with Gasteiger partial charge < -0.3 is 5.32 Å². The lowest BCUT2D eigenvalue weighted by Crippen LogP contribution is -2.62. The van der Waals surface area contributed by atoms with E-state index in [-0.39, 0.29) is 0 Å². The Morgan fingerprint density at radius 2 is 1.75 bits per heavy atom. The molecule has 20 heavy (non-hydrogen) atoms. The zero-order valence-electron chi connectivity index (χ0n) is 13.8. The summed E-state index contributed by atoms with van der Waals surface area (Å²) in [5, 5.41) is 3.88. The number of hydrogen-bond acceptors (Lipinski definition) is 2. The molecule has 3 aliphatic rings. The summed E-state index contributed by atoms with van der Waals surface area (Å²) >= 11 is 0. The van der Waals surface area contributed by atoms with Crippen molar-refractivity contribution in [2.24, 2.45) is 11.3 Å². The average Bonchev–Trinajstić information content (AvgIpc) is 2.80. The van der Waals surface area contributed by atoms with Gasteiger partial charge in [0.2, 0.25) is 0 Å². The van der Waals surface area contributed by atoms with Gasteiger partial charge in [0.05, 0.1) is 0 Å². The van der Waals surface area contributed by atoms with Gasteiger partial charge in [-0.05, 0) is 43.9 Å². The maximum absolute atomic E-state index is 3.88. The Morgan fingerprint density at radius 1 is 1.00 bits per heavy atom. The number of nitrogens with zero attached hydrogens (tertiary/aromatic N) is 1. The highest BCUT2D eigenvalue weighted by molar-refractivity contribution is 4.98. The zero-order chi connectivity index (χ0) is 14.2. The molecule has 0 aromatic heterocycles. The average molecular weight is 278 g/mol. The second-order valence-electron chi connectivity index (χ2n) is 8.36. The van der Waals surface area contributed by atoms with E-state index in [9.17, 15) is 0 Å². The highest BCUT2D eigenvalue weighted by Gasteiger charge is 2.42. The molecule has 1 heterocycles. The summed E-state index contributed by atoms with van der Waals surface area (Å²) in [6.45, 7) is 9.93. The first kappa shape index (κ1) is 14.8. The molecule has 0 aromatic carbocycles. The van der Waals surface area contributed by atoms with Gasteiger partial charge in [-0.3, -0.25) is 4.90 Å². The quantitative estimate of drug-likeness (QED) is 0.826. The molecule has 116 valence electrons. The largest absolute Gasteiger partial charge is 0.311 e. The fourth-order valence-electron chi connectivity index (χ4n) is 5.12. The molecule has 0 amide bonds. The van der Waals surface area contributed by atoms with Gasteiger partial charge in [-0.1, -0.05) is 39.5 Å². The topological polar surface area (TPSA) is 15.3 Å². The van der Waals surface area contributed by atoms with Crippen LogP contribution in [0.4, 0.5) is 0 Å². The van der Waals surface area contributed by atoms with E-state index in [1.807, 2.05) is 0 Å². The summed E-state index contributed by atoms with van der Waals surface area (Å²) in [5.74, 6) is 0.947. The van der Waals surface area contributed by atoms with Crippen molar-refractivity contribution in [3.8, 4) is 0 Å². The van der Waals surface area contributed by atoms with Crippen molar-refractivity contribution in [3.63, 3.8) is 0 Å². The third-order valence-electron chi connectivity index (χ3n) is 6.47. The van der Waals surface area contributed by atoms with Crippen LogP contribution in [0.15, 0.2) is 0 Å². The fourth-order valence-corrected chi connectivity index (χ4v) is 5.12. The van der Waals surface area contributed by atoms with E-state index in [0.29, 0.717) is 5.41 Å². The third-order valence-corrected chi connectivity index (χ3v) is 6.47. The van der Waals surface area contributed by atoms with E-state index in [4.69, 9.17) is 0 Å². The molecule has 3 rings (SSSR count). The predicted molar refractivity (Wildman–Crippen MR) is 86.0 cm³/mol. The molecule has 2 aliphatic carbocycles. The van der Waals surface area contributed by atoms with Crippen molar-refractivity contribution < 1.29 is 0 Å². The minimum atomic E-state index is 0.530. The lowest BCUT2D eigenvalue weighted by atomic mass is 9.80. The van der Waals surface area contributed by atoms with Crippen molar-refractivity contribution in [2.75, 3.05) is 13.1 Å². The van der Waals surface area contributed by atoms with Crippen molar-refractivity contribution in [2.45, 2.75) is 90.3 Å². The van der Waals surface area contributed by atoms with Crippen molar-refractivity contribution in [1.29, 1.82) is 0 Å². The summed E-state index contributed by atoms with van der Waals surface area (Å²) in [7, 11) is 0. The molecular formula is C18H34N2. The van der Waals surface area contributed by atoms with Crippen molar-refractivity contribution >= 4 is 0 Å². The molecule has 3 fully saturated rings. The Balaban J connectivity index is 1.67. The minimum Gasteiger partial charge on any atom is -0.311 e. The van der Waals surface area contributed by atoms with Crippen LogP contribution in [-0.4, -0.2) is 36.1 Å². The molecule has 1 aliphatic heterocycles. The van der Waals surface area contributed by atoms with Crippen LogP contribution in [0.1, 0.15) is 72.1 Å². The van der Waals surface area contributed by atoms with Gasteiger partial charge in [0.15, 0.2) is 0 Å². The summed E-state index contributed by atoms with van der Waals surface area (Å²) in [6.07, 6.45) is 11.6. The predicted octanol–water partition coefficient (Wildman–Crippen LogP) is 3.81. The number of hydrogen-bond donors (Lipinski definition) is 1. The van der Waals surface area contributed by atoms with Crippen LogP contribution in [0.5, 0.6) is 0 Å². The SMILES string of the molecule is CC1CNC(C2CCCCC2)CN1C1CCCC1(C)C. The summed E-state index contributed by atoms with van der Waals surface area (Å²) < 4.78 is 0. The highest BCUT2D eigenvalue weighted by Crippen LogP contribution is 2.42. The van der Waals surface area contributed by atoms with Crippen molar-refractivity contribution in [1.82, 2.24) is 10.2 Å². The summed E-state index contributed by atoms with van der Waals surface area (Å²) in [6, 6.07) is 2.31. The molecule has 2 heteroatoms. The normalized spacial score (nSPS) is 40.0. The van der Waals surface area contributed by atoms with Crippen LogP contribution in [0.2, 0.25) is 0 Å². The molecule has 2 nitrogen and oxygen atoms in total. The second-order valence-corrected chi connectivity index (χ2v) is 8.36. The van der Waals surface area contributed by atoms with Gasteiger partial charge in [-0.15, -0.1) is 0 Å². The molecule has 3 unspecified atom stereocenters. The van der Waals surface area contributed by atoms with Crippen LogP contribution in [0.25, 0.3) is 0 Å². The van der Waals surface area contributed by atoms with Gasteiger partial charge in [0.25, 0.3) is 0 Å². The van der Waals surface area contributed by atoms with Crippen LogP contribution in [0, 0.1) is 11.3 Å². The number of piperazine rings is 1. The fraction of sp³-hybridized carbons (Fsp3) is 1.00. The molecule has 0 radical (unpaired) electrons. The van der Waals surface area contributed by atoms with Crippen LogP contribution >= 0.6 is 0 Å². The van der Waals surface area contributed by atoms with Gasteiger partial charge in [-0.25, -0.2) is 0 Å². The number of rotatable bonds is 2. The lowest BCUT2D eigenvalue weighted by Gasteiger charge is -2.48. The van der Waals surface area contributed by atoms with E-state index in [0.717, 1.165) is 24.0 Å². The first-order valence-electron chi connectivity index (χ1n) is 9.07. The van der Waals surface area contributed by atoms with Gasteiger partial charge >= 0.3 is 0 Å². The van der Waals surface area contributed by atoms with Crippen LogP contribution in [0.3, 0.4) is 0 Å². The third kappa shape index (κ3) is 2.92. The molecule has 0 bridgehead atoms. The standard InChI is InChI=1S/C18H34N2/c1-14-12-19-16(15-8-5-4-6-9-15)13-20(14)17-10-7-11-18(17,2)3/h14-17,19H,4-13H2,1-3H3. The first-order chi connectivity index (χ1) is 9.58. The van der Waals surface area contributed by atoms with Crippen molar-refractivity contribution in [3.05, 3.63) is 0 Å². The van der Waals surface area contributed by atoms with Crippen LogP contribution in [-0.2, 0) is 0 Å². The maximum Gasteiger partial charge on any atom is 0.0224 e. The molecule has 1 N–H and O–H groups in total. The van der Waals surface area contributed by atoms with E-state index in [2.05, 4.69) is 31.0 Å². The van der Waals surface area contributed by atoms with E-state index >= 15 is 0 Å². The lowest BCUT2D eigenvalue weighted by molar-refractivity contribution is 0.0269. The Kier molecular flexibility index (Phi) is 4.42. The Labute approximate surface area is 125 Å². The Morgan fingerprint density at radius 3 is 2.40 bits per heavy atom. The smallest absolute Gasteiger partial charge is 0.0224 e. The minimum absolute atomic E-state index is 0.530. The second kappa shape index (κ2) is 5.96. The molecular weight excluding hydrogens is 244 g/mol. The molecule has 0 spiro atoms. The number of nitrogens with one attached hydrogen (secondary N) is 1. The van der Waals surface area contributed by atoms with Crippen LogP contribution < -0.4 is 5.32 Å². The Hall–Kier alpha value is -0.0800. The zero-order valence-corrected chi connectivity index (χ0v) is 13.8. The maximum atomic E-state index is 3.88. The summed E-state index contributed by atoms with van der Waals surface area (Å²) in [4.78, 5) is 2.88. The Bertz CT molecular complexity index is 319. The molecule has 2 saturated carbocycles. The van der Waals surface area contributed by atoms with E-state index in [1.54, 1.807) is 0 Å². The molecule has 1 saturated heterocycles. The van der Waals surface area contributed by atoms with Gasteiger partial charge in [0, 0.05) is 31.2 Å². The first-order valence-corrected chi connectivity index (χ1v) is 9.07. The molecule has 3 atom stereocenters. The summed E-state index contributed by atoms with van der Waals surface area (Å²) in [5.41, 5.74) is 0.530. The van der Waals surface area contributed by atoms with E-state index < -0.39 is 0 Å².